The summed E-state index contributed by atoms with van der Waals surface area (Å²) in [6, 6.07) is 6.28. The Labute approximate surface area is 151 Å². The van der Waals surface area contributed by atoms with Crippen molar-refractivity contribution in [1.29, 1.82) is 0 Å². The number of aromatic hydroxyl groups is 1. The Morgan fingerprint density at radius 1 is 1.08 bits per heavy atom. The van der Waals surface area contributed by atoms with Gasteiger partial charge in [0.05, 0.1) is 6.20 Å². The molecule has 1 aliphatic carbocycles. The summed E-state index contributed by atoms with van der Waals surface area (Å²) in [6.45, 7) is 2.21. The minimum Gasteiger partial charge on any atom is -0.508 e. The standard InChI is InChI=1S/C19H22N4O3/c24-16-4-1-13(2-5-16)18(25)22-7-9-23(10-8-22)19(26)14-3-6-17-15(11-14)12-20-21-17/h1-2,4-5,12,14,24H,3,6-11H2,(H,20,21). The summed E-state index contributed by atoms with van der Waals surface area (Å²) < 4.78 is 0. The van der Waals surface area contributed by atoms with E-state index in [4.69, 9.17) is 0 Å². The fourth-order valence-electron chi connectivity index (χ4n) is 3.80. The second-order valence-electron chi connectivity index (χ2n) is 6.98. The highest BCUT2D eigenvalue weighted by Crippen LogP contribution is 2.26. The first kappa shape index (κ1) is 16.6. The quantitative estimate of drug-likeness (QED) is 0.848. The second-order valence-corrected chi connectivity index (χ2v) is 6.98. The molecule has 1 atom stereocenters. The number of fused-ring (bicyclic) bond motifs is 1. The van der Waals surface area contributed by atoms with Gasteiger partial charge in [0, 0.05) is 43.4 Å². The molecule has 1 fully saturated rings. The van der Waals surface area contributed by atoms with E-state index in [1.165, 1.54) is 12.1 Å². The van der Waals surface area contributed by atoms with Crippen molar-refractivity contribution in [2.75, 3.05) is 26.2 Å². The van der Waals surface area contributed by atoms with Gasteiger partial charge < -0.3 is 14.9 Å². The number of phenols is 1. The smallest absolute Gasteiger partial charge is 0.253 e. The number of benzene rings is 1. The molecule has 0 radical (unpaired) electrons. The van der Waals surface area contributed by atoms with Gasteiger partial charge in [-0.05, 0) is 49.1 Å². The molecule has 1 unspecified atom stereocenters. The molecule has 1 aromatic heterocycles. The van der Waals surface area contributed by atoms with Crippen molar-refractivity contribution in [1.82, 2.24) is 20.0 Å². The Morgan fingerprint density at radius 3 is 2.50 bits per heavy atom. The van der Waals surface area contributed by atoms with Gasteiger partial charge in [-0.3, -0.25) is 14.7 Å². The number of hydrogen-bond acceptors (Lipinski definition) is 4. The van der Waals surface area contributed by atoms with Gasteiger partial charge in [0.25, 0.3) is 5.91 Å². The minimum atomic E-state index is -0.0576. The Morgan fingerprint density at radius 2 is 1.77 bits per heavy atom. The van der Waals surface area contributed by atoms with Gasteiger partial charge in [-0.25, -0.2) is 0 Å². The van der Waals surface area contributed by atoms with Crippen LogP contribution >= 0.6 is 0 Å². The Kier molecular flexibility index (Phi) is 4.36. The van der Waals surface area contributed by atoms with Crippen LogP contribution in [0.2, 0.25) is 0 Å². The molecule has 2 aromatic rings. The molecule has 0 saturated carbocycles. The van der Waals surface area contributed by atoms with E-state index in [9.17, 15) is 14.7 Å². The molecule has 2 amide bonds. The molecular formula is C19H22N4O3. The Hall–Kier alpha value is -2.83. The van der Waals surface area contributed by atoms with Gasteiger partial charge in [0.1, 0.15) is 5.75 Å². The van der Waals surface area contributed by atoms with Crippen molar-refractivity contribution in [3.05, 3.63) is 47.3 Å². The Bertz CT molecular complexity index is 806. The van der Waals surface area contributed by atoms with Crippen LogP contribution in [-0.2, 0) is 17.6 Å². The number of aromatic nitrogens is 2. The van der Waals surface area contributed by atoms with Gasteiger partial charge in [-0.15, -0.1) is 0 Å². The van der Waals surface area contributed by atoms with E-state index >= 15 is 0 Å². The zero-order chi connectivity index (χ0) is 18.1. The molecule has 7 heteroatoms. The van der Waals surface area contributed by atoms with Crippen LogP contribution < -0.4 is 0 Å². The lowest BCUT2D eigenvalue weighted by atomic mass is 9.87. The fourth-order valence-corrected chi connectivity index (χ4v) is 3.80. The highest BCUT2D eigenvalue weighted by molar-refractivity contribution is 5.94. The first-order valence-electron chi connectivity index (χ1n) is 9.00. The SMILES string of the molecule is O=C(c1ccc(O)cc1)N1CCN(C(=O)C2CCc3[nH]ncc3C2)CC1. The van der Waals surface area contributed by atoms with Crippen LogP contribution in [0.4, 0.5) is 0 Å². The van der Waals surface area contributed by atoms with E-state index in [1.54, 1.807) is 17.0 Å². The predicted octanol–water partition coefficient (Wildman–Crippen LogP) is 1.20. The monoisotopic (exact) mass is 354 g/mol. The average molecular weight is 354 g/mol. The van der Waals surface area contributed by atoms with Crippen molar-refractivity contribution in [3.63, 3.8) is 0 Å². The number of aryl methyl sites for hydroxylation is 1. The molecule has 26 heavy (non-hydrogen) atoms. The maximum absolute atomic E-state index is 12.8. The molecule has 1 saturated heterocycles. The number of nitrogens with one attached hydrogen (secondary N) is 1. The normalized spacial score (nSPS) is 19.9. The lowest BCUT2D eigenvalue weighted by molar-refractivity contribution is -0.137. The summed E-state index contributed by atoms with van der Waals surface area (Å²) in [5.74, 6) is 0.288. The second kappa shape index (κ2) is 6.82. The van der Waals surface area contributed by atoms with Gasteiger partial charge in [-0.2, -0.15) is 5.10 Å². The largest absolute Gasteiger partial charge is 0.508 e. The van der Waals surface area contributed by atoms with E-state index < -0.39 is 0 Å². The van der Waals surface area contributed by atoms with Gasteiger partial charge >= 0.3 is 0 Å². The zero-order valence-electron chi connectivity index (χ0n) is 14.5. The van der Waals surface area contributed by atoms with Crippen LogP contribution in [0.3, 0.4) is 0 Å². The molecule has 2 aliphatic rings. The van der Waals surface area contributed by atoms with Crippen LogP contribution in [0.1, 0.15) is 28.0 Å². The number of phenolic OH excluding ortho intramolecular Hbond substituents is 1. The van der Waals surface area contributed by atoms with Crippen LogP contribution in [0.25, 0.3) is 0 Å². The number of aromatic amines is 1. The molecule has 1 aliphatic heterocycles. The summed E-state index contributed by atoms with van der Waals surface area (Å²) in [5, 5.41) is 16.4. The Balaban J connectivity index is 1.34. The molecule has 0 bridgehead atoms. The topological polar surface area (TPSA) is 89.5 Å². The van der Waals surface area contributed by atoms with Crippen LogP contribution in [0.5, 0.6) is 5.75 Å². The van der Waals surface area contributed by atoms with E-state index in [1.807, 2.05) is 11.1 Å². The first-order chi connectivity index (χ1) is 12.6. The van der Waals surface area contributed by atoms with E-state index in [0.717, 1.165) is 30.5 Å². The van der Waals surface area contributed by atoms with Crippen LogP contribution in [-0.4, -0.2) is 63.1 Å². The lowest BCUT2D eigenvalue weighted by Gasteiger charge is -2.37. The minimum absolute atomic E-state index is 0.0134. The number of amides is 2. The lowest BCUT2D eigenvalue weighted by Crippen LogP contribution is -2.52. The van der Waals surface area contributed by atoms with E-state index in [0.29, 0.717) is 31.7 Å². The van der Waals surface area contributed by atoms with Crippen molar-refractivity contribution in [2.45, 2.75) is 19.3 Å². The molecule has 0 spiro atoms. The van der Waals surface area contributed by atoms with Crippen molar-refractivity contribution < 1.29 is 14.7 Å². The average Bonchev–Trinajstić information content (AvgIpc) is 3.15. The number of nitrogens with zero attached hydrogens (tertiary/aromatic N) is 3. The number of H-pyrrole nitrogens is 1. The first-order valence-corrected chi connectivity index (χ1v) is 9.00. The summed E-state index contributed by atoms with van der Waals surface area (Å²) in [7, 11) is 0. The summed E-state index contributed by atoms with van der Waals surface area (Å²) in [4.78, 5) is 29.0. The van der Waals surface area contributed by atoms with Crippen molar-refractivity contribution in [3.8, 4) is 5.75 Å². The maximum atomic E-state index is 12.8. The van der Waals surface area contributed by atoms with Gasteiger partial charge in [-0.1, -0.05) is 0 Å². The number of hydrogen-bond donors (Lipinski definition) is 2. The van der Waals surface area contributed by atoms with Crippen LogP contribution in [0, 0.1) is 5.92 Å². The van der Waals surface area contributed by atoms with Crippen molar-refractivity contribution in [2.24, 2.45) is 5.92 Å². The molecule has 4 rings (SSSR count). The van der Waals surface area contributed by atoms with E-state index in [-0.39, 0.29) is 23.5 Å². The third kappa shape index (κ3) is 3.16. The molecule has 7 nitrogen and oxygen atoms in total. The summed E-state index contributed by atoms with van der Waals surface area (Å²) in [6.07, 6.45) is 4.28. The molecule has 1 aromatic carbocycles. The van der Waals surface area contributed by atoms with Crippen molar-refractivity contribution >= 4 is 11.8 Å². The zero-order valence-corrected chi connectivity index (χ0v) is 14.5. The fraction of sp³-hybridized carbons (Fsp3) is 0.421. The molecule has 2 N–H and O–H groups in total. The highest BCUT2D eigenvalue weighted by Gasteiger charge is 2.31. The maximum Gasteiger partial charge on any atom is 0.253 e. The third-order valence-corrected chi connectivity index (χ3v) is 5.36. The number of carbonyl (C=O) groups excluding carboxylic acids is 2. The number of rotatable bonds is 2. The predicted molar refractivity (Wildman–Crippen MR) is 94.7 cm³/mol. The van der Waals surface area contributed by atoms with Crippen LogP contribution in [0.15, 0.2) is 30.5 Å². The van der Waals surface area contributed by atoms with Gasteiger partial charge in [0.2, 0.25) is 5.91 Å². The molecular weight excluding hydrogens is 332 g/mol. The number of piperazine rings is 1. The molecule has 2 heterocycles. The molecule has 136 valence electrons. The summed E-state index contributed by atoms with van der Waals surface area (Å²) >= 11 is 0. The highest BCUT2D eigenvalue weighted by atomic mass is 16.3. The third-order valence-electron chi connectivity index (χ3n) is 5.36. The summed E-state index contributed by atoms with van der Waals surface area (Å²) in [5.41, 5.74) is 2.86. The van der Waals surface area contributed by atoms with Gasteiger partial charge in [0.15, 0.2) is 0 Å². The van der Waals surface area contributed by atoms with E-state index in [2.05, 4.69) is 10.2 Å². The number of carbonyl (C=O) groups is 2.